The van der Waals surface area contributed by atoms with Crippen molar-refractivity contribution >= 4 is 17.7 Å². The van der Waals surface area contributed by atoms with E-state index in [1.807, 2.05) is 38.1 Å². The van der Waals surface area contributed by atoms with Crippen LogP contribution in [0.2, 0.25) is 0 Å². The molecule has 2 aromatic carbocycles. The third kappa shape index (κ3) is 5.84. The lowest BCUT2D eigenvalue weighted by Gasteiger charge is -2.45. The van der Waals surface area contributed by atoms with Gasteiger partial charge in [0.25, 0.3) is 0 Å². The number of hydrogen-bond acceptors (Lipinski definition) is 3. The molecule has 1 heterocycles. The first-order valence-electron chi connectivity index (χ1n) is 12.8. The van der Waals surface area contributed by atoms with E-state index in [2.05, 4.69) is 10.6 Å². The van der Waals surface area contributed by atoms with Crippen LogP contribution in [0.1, 0.15) is 63.8 Å². The van der Waals surface area contributed by atoms with Crippen molar-refractivity contribution in [3.63, 3.8) is 0 Å². The number of fused-ring (bicyclic) bond motifs is 1. The molecule has 2 aliphatic rings. The van der Waals surface area contributed by atoms with E-state index in [0.717, 1.165) is 29.3 Å². The minimum atomic E-state index is -1.38. The number of amides is 3. The highest BCUT2D eigenvalue weighted by molar-refractivity contribution is 6.00. The van der Waals surface area contributed by atoms with Crippen molar-refractivity contribution < 1.29 is 23.2 Å². The summed E-state index contributed by atoms with van der Waals surface area (Å²) in [5.74, 6) is -3.26. The number of hydrogen-bond donors (Lipinski definition) is 2. The molecular weight excluding hydrogens is 476 g/mol. The highest BCUT2D eigenvalue weighted by atomic mass is 19.1. The second-order valence-corrected chi connectivity index (χ2v) is 11.7. The van der Waals surface area contributed by atoms with Crippen LogP contribution in [-0.4, -0.2) is 40.2 Å². The Morgan fingerprint density at radius 3 is 2.14 bits per heavy atom. The second-order valence-electron chi connectivity index (χ2n) is 11.7. The molecule has 3 atom stereocenters. The Hall–Kier alpha value is -3.29. The molecule has 4 rings (SSSR count). The summed E-state index contributed by atoms with van der Waals surface area (Å²) in [6.45, 7) is 9.18. The molecule has 0 saturated carbocycles. The number of benzene rings is 2. The summed E-state index contributed by atoms with van der Waals surface area (Å²) in [4.78, 5) is 42.7. The van der Waals surface area contributed by atoms with Gasteiger partial charge >= 0.3 is 0 Å². The summed E-state index contributed by atoms with van der Waals surface area (Å²) < 4.78 is 28.7. The second kappa shape index (κ2) is 10.2. The zero-order valence-corrected chi connectivity index (χ0v) is 22.0. The largest absolute Gasteiger partial charge is 0.349 e. The number of nitrogens with zero attached hydrogens (tertiary/aromatic N) is 1. The van der Waals surface area contributed by atoms with Gasteiger partial charge in [0.1, 0.15) is 29.8 Å². The van der Waals surface area contributed by atoms with Gasteiger partial charge in [-0.05, 0) is 80.7 Å². The number of nitrogens with one attached hydrogen (secondary N) is 2. The van der Waals surface area contributed by atoms with E-state index in [0.29, 0.717) is 19.3 Å². The molecule has 0 radical (unpaired) electrons. The summed E-state index contributed by atoms with van der Waals surface area (Å²) in [5, 5.41) is 5.79. The molecule has 1 fully saturated rings. The Labute approximate surface area is 216 Å². The number of rotatable bonds is 6. The van der Waals surface area contributed by atoms with Crippen molar-refractivity contribution in [1.82, 2.24) is 15.5 Å². The molecule has 3 amide bonds. The molecule has 0 spiro atoms. The first kappa shape index (κ1) is 26.8. The van der Waals surface area contributed by atoms with Gasteiger partial charge in [-0.3, -0.25) is 14.4 Å². The fraction of sp³-hybridized carbons (Fsp3) is 0.483. The SMILES string of the molecule is CC(C)CC1C(=O)NC(C2Cc3ccccc3C2)C(=O)N1C(C(=O)NC(C)(C)C)c1cc(F)cc(F)c1. The van der Waals surface area contributed by atoms with E-state index in [4.69, 9.17) is 0 Å². The Bertz CT molecular complexity index is 1160. The van der Waals surface area contributed by atoms with Crippen LogP contribution >= 0.6 is 0 Å². The van der Waals surface area contributed by atoms with Gasteiger partial charge in [0.05, 0.1) is 0 Å². The average molecular weight is 512 g/mol. The van der Waals surface area contributed by atoms with Crippen LogP contribution in [-0.2, 0) is 27.2 Å². The maximum absolute atomic E-state index is 14.4. The Balaban J connectivity index is 1.79. The minimum absolute atomic E-state index is 0.00971. The van der Waals surface area contributed by atoms with Crippen molar-refractivity contribution in [2.45, 2.75) is 77.5 Å². The average Bonchev–Trinajstić information content (AvgIpc) is 3.20. The Morgan fingerprint density at radius 1 is 1.05 bits per heavy atom. The highest BCUT2D eigenvalue weighted by Gasteiger charge is 2.49. The van der Waals surface area contributed by atoms with Crippen LogP contribution in [0.3, 0.4) is 0 Å². The van der Waals surface area contributed by atoms with Gasteiger partial charge in [0.15, 0.2) is 0 Å². The van der Waals surface area contributed by atoms with Gasteiger partial charge < -0.3 is 15.5 Å². The van der Waals surface area contributed by atoms with Gasteiger partial charge in [-0.25, -0.2) is 8.78 Å². The van der Waals surface area contributed by atoms with Gasteiger partial charge in [0.2, 0.25) is 17.7 Å². The van der Waals surface area contributed by atoms with Crippen molar-refractivity contribution in [2.24, 2.45) is 11.8 Å². The molecule has 1 aliphatic carbocycles. The van der Waals surface area contributed by atoms with E-state index in [1.165, 1.54) is 4.90 Å². The van der Waals surface area contributed by atoms with Crippen LogP contribution in [0.15, 0.2) is 42.5 Å². The third-order valence-electron chi connectivity index (χ3n) is 6.93. The van der Waals surface area contributed by atoms with Crippen molar-refractivity contribution in [1.29, 1.82) is 0 Å². The number of piperazine rings is 1. The van der Waals surface area contributed by atoms with E-state index in [9.17, 15) is 23.2 Å². The normalized spacial score (nSPS) is 21.1. The van der Waals surface area contributed by atoms with Crippen LogP contribution in [0.25, 0.3) is 0 Å². The van der Waals surface area contributed by atoms with Crippen molar-refractivity contribution in [3.05, 3.63) is 70.8 Å². The standard InChI is InChI=1S/C29H35F2N3O3/c1-16(2)10-23-26(35)32-24(19-11-17-8-6-7-9-18(17)12-19)28(37)34(23)25(27(36)33-29(3,4)5)20-13-21(30)15-22(31)14-20/h6-9,13-16,19,23-25H,10-12H2,1-5H3,(H,32,35)(H,33,36). The molecule has 0 bridgehead atoms. The smallest absolute Gasteiger partial charge is 0.247 e. The van der Waals surface area contributed by atoms with Crippen molar-refractivity contribution in [2.75, 3.05) is 0 Å². The maximum atomic E-state index is 14.4. The van der Waals surface area contributed by atoms with E-state index < -0.39 is 47.1 Å². The number of carbonyl (C=O) groups is 3. The molecule has 8 heteroatoms. The summed E-state index contributed by atoms with van der Waals surface area (Å²) in [7, 11) is 0. The van der Waals surface area contributed by atoms with E-state index in [1.54, 1.807) is 20.8 Å². The van der Waals surface area contributed by atoms with Gasteiger partial charge in [-0.1, -0.05) is 38.1 Å². The maximum Gasteiger partial charge on any atom is 0.247 e. The zero-order valence-electron chi connectivity index (χ0n) is 22.0. The molecule has 3 unspecified atom stereocenters. The molecule has 2 N–H and O–H groups in total. The minimum Gasteiger partial charge on any atom is -0.349 e. The molecule has 198 valence electrons. The van der Waals surface area contributed by atoms with Crippen molar-refractivity contribution in [3.8, 4) is 0 Å². The number of halogens is 2. The summed E-state index contributed by atoms with van der Waals surface area (Å²) in [5.41, 5.74) is 1.56. The van der Waals surface area contributed by atoms with Crippen LogP contribution in [0.4, 0.5) is 8.78 Å². The first-order valence-corrected chi connectivity index (χ1v) is 12.8. The monoisotopic (exact) mass is 511 g/mol. The summed E-state index contributed by atoms with van der Waals surface area (Å²) in [6.07, 6.45) is 1.53. The predicted molar refractivity (Wildman–Crippen MR) is 136 cm³/mol. The van der Waals surface area contributed by atoms with E-state index >= 15 is 0 Å². The fourth-order valence-corrected chi connectivity index (χ4v) is 5.48. The van der Waals surface area contributed by atoms with Crippen LogP contribution in [0.5, 0.6) is 0 Å². The van der Waals surface area contributed by atoms with Gasteiger partial charge in [-0.15, -0.1) is 0 Å². The molecule has 0 aromatic heterocycles. The Morgan fingerprint density at radius 2 is 1.62 bits per heavy atom. The predicted octanol–water partition coefficient (Wildman–Crippen LogP) is 4.08. The molecule has 37 heavy (non-hydrogen) atoms. The van der Waals surface area contributed by atoms with Crippen LogP contribution < -0.4 is 10.6 Å². The molecular formula is C29H35F2N3O3. The molecule has 2 aromatic rings. The fourth-order valence-electron chi connectivity index (χ4n) is 5.48. The topological polar surface area (TPSA) is 78.5 Å². The third-order valence-corrected chi connectivity index (χ3v) is 6.93. The quantitative estimate of drug-likeness (QED) is 0.614. The molecule has 1 saturated heterocycles. The van der Waals surface area contributed by atoms with Crippen LogP contribution in [0, 0.1) is 23.5 Å². The van der Waals surface area contributed by atoms with Gasteiger partial charge in [-0.2, -0.15) is 0 Å². The lowest BCUT2D eigenvalue weighted by atomic mass is 9.87. The highest BCUT2D eigenvalue weighted by Crippen LogP contribution is 2.36. The Kier molecular flexibility index (Phi) is 7.40. The molecule has 6 nitrogen and oxygen atoms in total. The van der Waals surface area contributed by atoms with Gasteiger partial charge in [0, 0.05) is 11.6 Å². The summed E-state index contributed by atoms with van der Waals surface area (Å²) in [6, 6.07) is 7.55. The lowest BCUT2D eigenvalue weighted by molar-refractivity contribution is -0.158. The first-order chi connectivity index (χ1) is 17.3. The zero-order chi connectivity index (χ0) is 27.1. The number of carbonyl (C=O) groups excluding carboxylic acids is 3. The molecule has 1 aliphatic heterocycles. The summed E-state index contributed by atoms with van der Waals surface area (Å²) >= 11 is 0. The van der Waals surface area contributed by atoms with E-state index in [-0.39, 0.29) is 23.3 Å². The lowest BCUT2D eigenvalue weighted by Crippen LogP contribution is -2.67.